The van der Waals surface area contributed by atoms with Gasteiger partial charge in [-0.15, -0.1) is 0 Å². The lowest BCUT2D eigenvalue weighted by Gasteiger charge is -2.20. The Kier molecular flexibility index (Phi) is 2.62. The first-order valence-electron chi connectivity index (χ1n) is 4.43. The van der Waals surface area contributed by atoms with Crippen molar-refractivity contribution in [2.75, 3.05) is 0 Å². The van der Waals surface area contributed by atoms with Crippen molar-refractivity contribution in [3.05, 3.63) is 17.5 Å². The molecule has 1 atom stereocenters. The molecule has 0 aliphatic carbocycles. The second-order valence-electron chi connectivity index (χ2n) is 3.87. The predicted octanol–water partition coefficient (Wildman–Crippen LogP) is -0.297. The standard InChI is InChI=1S/C9H16N4O/c1-6-4-7(2)13(12-6)5-9(3,11)8(10)14/h4H,5,11H2,1-3H3,(H2,10,14). The molecule has 1 rings (SSSR count). The molecular formula is C9H16N4O. The van der Waals surface area contributed by atoms with Gasteiger partial charge in [-0.1, -0.05) is 0 Å². The quantitative estimate of drug-likeness (QED) is 0.696. The normalized spacial score (nSPS) is 15.1. The predicted molar refractivity (Wildman–Crippen MR) is 53.5 cm³/mol. The van der Waals surface area contributed by atoms with Crippen molar-refractivity contribution in [2.45, 2.75) is 32.9 Å². The van der Waals surface area contributed by atoms with Gasteiger partial charge in [-0.25, -0.2) is 0 Å². The molecule has 1 unspecified atom stereocenters. The van der Waals surface area contributed by atoms with Crippen molar-refractivity contribution < 1.29 is 4.79 Å². The number of amides is 1. The number of nitrogens with two attached hydrogens (primary N) is 2. The highest BCUT2D eigenvalue weighted by Crippen LogP contribution is 2.07. The van der Waals surface area contributed by atoms with E-state index in [1.165, 1.54) is 0 Å². The highest BCUT2D eigenvalue weighted by atomic mass is 16.1. The molecule has 0 fully saturated rings. The highest BCUT2D eigenvalue weighted by Gasteiger charge is 2.27. The van der Waals surface area contributed by atoms with Gasteiger partial charge >= 0.3 is 0 Å². The van der Waals surface area contributed by atoms with E-state index in [2.05, 4.69) is 5.10 Å². The number of hydrogen-bond acceptors (Lipinski definition) is 3. The topological polar surface area (TPSA) is 86.9 Å². The molecule has 1 aromatic rings. The third kappa shape index (κ3) is 2.11. The minimum Gasteiger partial charge on any atom is -0.368 e. The number of rotatable bonds is 3. The summed E-state index contributed by atoms with van der Waals surface area (Å²) in [5, 5.41) is 4.21. The monoisotopic (exact) mass is 196 g/mol. The molecule has 1 aromatic heterocycles. The van der Waals surface area contributed by atoms with Crippen LogP contribution in [0.4, 0.5) is 0 Å². The molecular weight excluding hydrogens is 180 g/mol. The SMILES string of the molecule is Cc1cc(C)n(CC(C)(N)C(N)=O)n1. The largest absolute Gasteiger partial charge is 0.368 e. The van der Waals surface area contributed by atoms with Crippen LogP contribution >= 0.6 is 0 Å². The molecule has 5 nitrogen and oxygen atoms in total. The average molecular weight is 196 g/mol. The Morgan fingerprint density at radius 1 is 1.64 bits per heavy atom. The second kappa shape index (κ2) is 3.42. The van der Waals surface area contributed by atoms with E-state index in [-0.39, 0.29) is 0 Å². The molecule has 0 spiro atoms. The molecule has 0 saturated carbocycles. The lowest BCUT2D eigenvalue weighted by Crippen LogP contribution is -2.52. The van der Waals surface area contributed by atoms with Crippen LogP contribution in [0.15, 0.2) is 6.07 Å². The summed E-state index contributed by atoms with van der Waals surface area (Å²) in [5.41, 5.74) is 11.7. The first-order valence-corrected chi connectivity index (χ1v) is 4.43. The molecule has 1 amide bonds. The van der Waals surface area contributed by atoms with Crippen molar-refractivity contribution in [1.82, 2.24) is 9.78 Å². The Morgan fingerprint density at radius 2 is 2.21 bits per heavy atom. The average Bonchev–Trinajstić information content (AvgIpc) is 2.29. The van der Waals surface area contributed by atoms with Crippen LogP contribution in [0.3, 0.4) is 0 Å². The Morgan fingerprint density at radius 3 is 2.57 bits per heavy atom. The number of aryl methyl sites for hydroxylation is 2. The zero-order chi connectivity index (χ0) is 10.9. The van der Waals surface area contributed by atoms with Crippen LogP contribution in [0.1, 0.15) is 18.3 Å². The van der Waals surface area contributed by atoms with Gasteiger partial charge in [0.05, 0.1) is 12.2 Å². The van der Waals surface area contributed by atoms with Crippen LogP contribution in [-0.2, 0) is 11.3 Å². The van der Waals surface area contributed by atoms with E-state index in [9.17, 15) is 4.79 Å². The Bertz CT molecular complexity index is 354. The molecule has 0 aromatic carbocycles. The van der Waals surface area contributed by atoms with E-state index in [0.29, 0.717) is 6.54 Å². The van der Waals surface area contributed by atoms with Crippen molar-refractivity contribution in [3.8, 4) is 0 Å². The number of carbonyl (C=O) groups excluding carboxylic acids is 1. The van der Waals surface area contributed by atoms with E-state index in [0.717, 1.165) is 11.4 Å². The fraction of sp³-hybridized carbons (Fsp3) is 0.556. The first kappa shape index (κ1) is 10.7. The summed E-state index contributed by atoms with van der Waals surface area (Å²) in [6, 6.07) is 1.93. The molecule has 14 heavy (non-hydrogen) atoms. The van der Waals surface area contributed by atoms with Gasteiger partial charge < -0.3 is 11.5 Å². The molecule has 0 saturated heterocycles. The van der Waals surface area contributed by atoms with Crippen molar-refractivity contribution in [1.29, 1.82) is 0 Å². The summed E-state index contributed by atoms with van der Waals surface area (Å²) < 4.78 is 1.69. The summed E-state index contributed by atoms with van der Waals surface area (Å²) in [7, 11) is 0. The van der Waals surface area contributed by atoms with Gasteiger partial charge in [-0.05, 0) is 26.8 Å². The number of hydrogen-bond donors (Lipinski definition) is 2. The third-order valence-electron chi connectivity index (χ3n) is 2.14. The van der Waals surface area contributed by atoms with Gasteiger partial charge in [-0.2, -0.15) is 5.10 Å². The van der Waals surface area contributed by atoms with Crippen molar-refractivity contribution in [2.24, 2.45) is 11.5 Å². The van der Waals surface area contributed by atoms with Crippen LogP contribution in [0.25, 0.3) is 0 Å². The van der Waals surface area contributed by atoms with E-state index >= 15 is 0 Å². The number of aromatic nitrogens is 2. The third-order valence-corrected chi connectivity index (χ3v) is 2.14. The molecule has 1 heterocycles. The van der Waals surface area contributed by atoms with Crippen LogP contribution in [0.2, 0.25) is 0 Å². The van der Waals surface area contributed by atoms with E-state index in [1.807, 2.05) is 19.9 Å². The Hall–Kier alpha value is -1.36. The molecule has 0 aliphatic rings. The lowest BCUT2D eigenvalue weighted by molar-refractivity contribution is -0.123. The lowest BCUT2D eigenvalue weighted by atomic mass is 10.0. The zero-order valence-corrected chi connectivity index (χ0v) is 8.74. The minimum atomic E-state index is -1.05. The van der Waals surface area contributed by atoms with Crippen molar-refractivity contribution >= 4 is 5.91 Å². The Balaban J connectivity index is 2.88. The zero-order valence-electron chi connectivity index (χ0n) is 8.74. The highest BCUT2D eigenvalue weighted by molar-refractivity contribution is 5.83. The maximum Gasteiger partial charge on any atom is 0.239 e. The minimum absolute atomic E-state index is 0.308. The van der Waals surface area contributed by atoms with Crippen LogP contribution in [-0.4, -0.2) is 21.2 Å². The smallest absolute Gasteiger partial charge is 0.239 e. The van der Waals surface area contributed by atoms with Gasteiger partial charge in [0.2, 0.25) is 5.91 Å². The second-order valence-corrected chi connectivity index (χ2v) is 3.87. The van der Waals surface area contributed by atoms with Gasteiger partial charge in [0.15, 0.2) is 0 Å². The number of carbonyl (C=O) groups is 1. The van der Waals surface area contributed by atoms with Gasteiger partial charge in [0.1, 0.15) is 5.54 Å². The summed E-state index contributed by atoms with van der Waals surface area (Å²) in [5.74, 6) is -0.523. The first-order chi connectivity index (χ1) is 6.33. The fourth-order valence-corrected chi connectivity index (χ4v) is 1.22. The summed E-state index contributed by atoms with van der Waals surface area (Å²) >= 11 is 0. The molecule has 0 radical (unpaired) electrons. The van der Waals surface area contributed by atoms with Crippen molar-refractivity contribution in [3.63, 3.8) is 0 Å². The van der Waals surface area contributed by atoms with E-state index < -0.39 is 11.4 Å². The van der Waals surface area contributed by atoms with E-state index in [1.54, 1.807) is 11.6 Å². The maximum absolute atomic E-state index is 11.0. The summed E-state index contributed by atoms with van der Waals surface area (Å²) in [6.45, 7) is 5.71. The van der Waals surface area contributed by atoms with Gasteiger partial charge in [0, 0.05) is 5.69 Å². The van der Waals surface area contributed by atoms with Crippen LogP contribution in [0, 0.1) is 13.8 Å². The number of primary amides is 1. The molecule has 5 heteroatoms. The number of nitrogens with zero attached hydrogens (tertiary/aromatic N) is 2. The maximum atomic E-state index is 11.0. The molecule has 0 bridgehead atoms. The van der Waals surface area contributed by atoms with Gasteiger partial charge in [0.25, 0.3) is 0 Å². The Labute approximate surface area is 83.1 Å². The fourth-order valence-electron chi connectivity index (χ4n) is 1.22. The van der Waals surface area contributed by atoms with Gasteiger partial charge in [-0.3, -0.25) is 9.48 Å². The van der Waals surface area contributed by atoms with Crippen LogP contribution < -0.4 is 11.5 Å². The molecule has 0 aliphatic heterocycles. The van der Waals surface area contributed by atoms with Crippen LogP contribution in [0.5, 0.6) is 0 Å². The summed E-state index contributed by atoms with van der Waals surface area (Å²) in [6.07, 6.45) is 0. The van der Waals surface area contributed by atoms with E-state index in [4.69, 9.17) is 11.5 Å². The molecule has 4 N–H and O–H groups in total. The molecule has 78 valence electrons. The summed E-state index contributed by atoms with van der Waals surface area (Å²) in [4.78, 5) is 11.0.